The van der Waals surface area contributed by atoms with E-state index in [1.165, 1.54) is 5.56 Å². The highest BCUT2D eigenvalue weighted by Crippen LogP contribution is 2.26. The molecule has 108 valence electrons. The van der Waals surface area contributed by atoms with Crippen molar-refractivity contribution in [2.45, 2.75) is 32.6 Å². The van der Waals surface area contributed by atoms with Crippen molar-refractivity contribution >= 4 is 29.7 Å². The summed E-state index contributed by atoms with van der Waals surface area (Å²) in [7, 11) is 0. The predicted octanol–water partition coefficient (Wildman–Crippen LogP) is 2.61. The molecular formula is C14H23ClN2OS. The molecule has 2 N–H and O–H groups in total. The lowest BCUT2D eigenvalue weighted by Crippen LogP contribution is -2.42. The van der Waals surface area contributed by atoms with Crippen molar-refractivity contribution in [3.63, 3.8) is 0 Å². The fraction of sp³-hybridized carbons (Fsp3) is 0.643. The molecule has 0 spiro atoms. The highest BCUT2D eigenvalue weighted by Gasteiger charge is 2.26. The van der Waals surface area contributed by atoms with Crippen molar-refractivity contribution in [1.29, 1.82) is 0 Å². The van der Waals surface area contributed by atoms with Crippen molar-refractivity contribution in [1.82, 2.24) is 10.6 Å². The van der Waals surface area contributed by atoms with Crippen LogP contribution in [0, 0.1) is 5.41 Å². The number of thiophene rings is 1. The van der Waals surface area contributed by atoms with Crippen LogP contribution >= 0.6 is 23.7 Å². The summed E-state index contributed by atoms with van der Waals surface area (Å²) in [4.78, 5) is 11.8. The minimum atomic E-state index is 0. The number of hydrogen-bond acceptors (Lipinski definition) is 3. The number of amides is 1. The summed E-state index contributed by atoms with van der Waals surface area (Å²) in [5, 5.41) is 10.6. The fourth-order valence-corrected chi connectivity index (χ4v) is 3.00. The molecule has 0 unspecified atom stereocenters. The maximum atomic E-state index is 11.8. The zero-order valence-corrected chi connectivity index (χ0v) is 13.0. The van der Waals surface area contributed by atoms with Gasteiger partial charge in [-0.05, 0) is 60.2 Å². The molecule has 0 bridgehead atoms. The van der Waals surface area contributed by atoms with Crippen LogP contribution in [0.3, 0.4) is 0 Å². The van der Waals surface area contributed by atoms with E-state index in [4.69, 9.17) is 0 Å². The molecule has 0 radical (unpaired) electrons. The van der Waals surface area contributed by atoms with E-state index in [9.17, 15) is 4.79 Å². The number of halogens is 1. The maximum Gasteiger partial charge on any atom is 0.220 e. The Kier molecular flexibility index (Phi) is 6.83. The van der Waals surface area contributed by atoms with E-state index in [0.717, 1.165) is 38.9 Å². The van der Waals surface area contributed by atoms with Crippen molar-refractivity contribution in [2.75, 3.05) is 19.6 Å². The highest BCUT2D eigenvalue weighted by atomic mass is 35.5. The first-order chi connectivity index (χ1) is 8.68. The third-order valence-electron chi connectivity index (χ3n) is 3.74. The number of aryl methyl sites for hydroxylation is 1. The van der Waals surface area contributed by atoms with Crippen LogP contribution in [0.25, 0.3) is 0 Å². The average molecular weight is 303 g/mol. The summed E-state index contributed by atoms with van der Waals surface area (Å²) >= 11 is 1.69. The minimum absolute atomic E-state index is 0. The summed E-state index contributed by atoms with van der Waals surface area (Å²) in [6.45, 7) is 5.23. The van der Waals surface area contributed by atoms with Crippen LogP contribution in [0.1, 0.15) is 31.7 Å². The molecule has 1 aromatic rings. The molecule has 1 aliphatic heterocycles. The van der Waals surface area contributed by atoms with Gasteiger partial charge < -0.3 is 10.6 Å². The van der Waals surface area contributed by atoms with Gasteiger partial charge in [-0.3, -0.25) is 4.79 Å². The monoisotopic (exact) mass is 302 g/mol. The Balaban J connectivity index is 0.00000180. The molecule has 5 heteroatoms. The van der Waals surface area contributed by atoms with Crippen molar-refractivity contribution in [3.8, 4) is 0 Å². The lowest BCUT2D eigenvalue weighted by molar-refractivity contribution is -0.121. The van der Waals surface area contributed by atoms with E-state index in [2.05, 4.69) is 34.4 Å². The topological polar surface area (TPSA) is 41.1 Å². The van der Waals surface area contributed by atoms with Crippen LogP contribution in [-0.2, 0) is 11.2 Å². The van der Waals surface area contributed by atoms with Crippen LogP contribution in [0.2, 0.25) is 0 Å². The van der Waals surface area contributed by atoms with E-state index in [0.29, 0.717) is 6.42 Å². The maximum absolute atomic E-state index is 11.8. The molecule has 2 heterocycles. The summed E-state index contributed by atoms with van der Waals surface area (Å²) in [6.07, 6.45) is 3.76. The van der Waals surface area contributed by atoms with Gasteiger partial charge >= 0.3 is 0 Å². The average Bonchev–Trinajstić information content (AvgIpc) is 2.88. The van der Waals surface area contributed by atoms with Gasteiger partial charge in [0.15, 0.2) is 0 Å². The van der Waals surface area contributed by atoms with Gasteiger partial charge in [0.2, 0.25) is 5.91 Å². The highest BCUT2D eigenvalue weighted by molar-refractivity contribution is 7.07. The zero-order valence-electron chi connectivity index (χ0n) is 11.4. The van der Waals surface area contributed by atoms with E-state index in [-0.39, 0.29) is 23.7 Å². The first kappa shape index (κ1) is 16.5. The lowest BCUT2D eigenvalue weighted by atomic mass is 9.81. The molecule has 1 amide bonds. The van der Waals surface area contributed by atoms with E-state index < -0.39 is 0 Å². The molecule has 0 aliphatic carbocycles. The quantitative estimate of drug-likeness (QED) is 0.878. The van der Waals surface area contributed by atoms with Crippen LogP contribution in [0.15, 0.2) is 16.8 Å². The van der Waals surface area contributed by atoms with Gasteiger partial charge in [0.1, 0.15) is 0 Å². The molecule has 19 heavy (non-hydrogen) atoms. The second-order valence-corrected chi connectivity index (χ2v) is 6.25. The first-order valence-corrected chi connectivity index (χ1v) is 7.61. The van der Waals surface area contributed by atoms with E-state index in [1.54, 1.807) is 11.3 Å². The van der Waals surface area contributed by atoms with Gasteiger partial charge in [0.25, 0.3) is 0 Å². The third kappa shape index (κ3) is 5.51. The fourth-order valence-electron chi connectivity index (χ4n) is 2.30. The number of rotatable bonds is 5. The molecule has 0 aromatic carbocycles. The largest absolute Gasteiger partial charge is 0.356 e. The number of nitrogens with one attached hydrogen (secondary N) is 2. The Hall–Kier alpha value is -0.580. The van der Waals surface area contributed by atoms with Gasteiger partial charge in [0.05, 0.1) is 0 Å². The second-order valence-electron chi connectivity index (χ2n) is 5.47. The van der Waals surface area contributed by atoms with Gasteiger partial charge in [0, 0.05) is 13.0 Å². The van der Waals surface area contributed by atoms with Crippen LogP contribution in [0.4, 0.5) is 0 Å². The Morgan fingerprint density at radius 2 is 2.21 bits per heavy atom. The molecule has 1 aliphatic rings. The van der Waals surface area contributed by atoms with Crippen molar-refractivity contribution < 1.29 is 4.79 Å². The molecule has 1 saturated heterocycles. The SMILES string of the molecule is CC1(CNC(=O)CCc2ccsc2)CCNCC1.Cl. The van der Waals surface area contributed by atoms with E-state index in [1.807, 2.05) is 0 Å². The van der Waals surface area contributed by atoms with Gasteiger partial charge in [-0.15, -0.1) is 12.4 Å². The van der Waals surface area contributed by atoms with Gasteiger partial charge in [-0.25, -0.2) is 0 Å². The smallest absolute Gasteiger partial charge is 0.220 e. The Morgan fingerprint density at radius 3 is 2.84 bits per heavy atom. The number of carbonyl (C=O) groups is 1. The van der Waals surface area contributed by atoms with Crippen molar-refractivity contribution in [3.05, 3.63) is 22.4 Å². The minimum Gasteiger partial charge on any atom is -0.356 e. The Labute approximate surface area is 125 Å². The third-order valence-corrected chi connectivity index (χ3v) is 4.48. The predicted molar refractivity (Wildman–Crippen MR) is 83.1 cm³/mol. The standard InChI is InChI=1S/C14H22N2OS.ClH/c1-14(5-7-15-8-6-14)11-16-13(17)3-2-12-4-9-18-10-12;/h4,9-10,15H,2-3,5-8,11H2,1H3,(H,16,17);1H. The summed E-state index contributed by atoms with van der Waals surface area (Å²) in [6, 6.07) is 2.09. The molecular weight excluding hydrogens is 280 g/mol. The molecule has 1 aromatic heterocycles. The van der Waals surface area contributed by atoms with Crippen molar-refractivity contribution in [2.24, 2.45) is 5.41 Å². The first-order valence-electron chi connectivity index (χ1n) is 6.66. The summed E-state index contributed by atoms with van der Waals surface area (Å²) in [5.74, 6) is 0.181. The van der Waals surface area contributed by atoms with Gasteiger partial charge in [-0.2, -0.15) is 11.3 Å². The Morgan fingerprint density at radius 1 is 1.47 bits per heavy atom. The molecule has 2 rings (SSSR count). The molecule has 0 saturated carbocycles. The zero-order chi connectivity index (χ0) is 12.8. The normalized spacial score (nSPS) is 17.5. The summed E-state index contributed by atoms with van der Waals surface area (Å²) in [5.41, 5.74) is 1.55. The number of piperidine rings is 1. The van der Waals surface area contributed by atoms with E-state index >= 15 is 0 Å². The van der Waals surface area contributed by atoms with Crippen LogP contribution in [-0.4, -0.2) is 25.5 Å². The molecule has 3 nitrogen and oxygen atoms in total. The number of carbonyl (C=O) groups excluding carboxylic acids is 1. The van der Waals surface area contributed by atoms with Crippen LogP contribution in [0.5, 0.6) is 0 Å². The molecule has 0 atom stereocenters. The number of hydrogen-bond donors (Lipinski definition) is 2. The summed E-state index contributed by atoms with van der Waals surface area (Å²) < 4.78 is 0. The second kappa shape index (κ2) is 7.88. The molecule has 1 fully saturated rings. The lowest BCUT2D eigenvalue weighted by Gasteiger charge is -2.34. The Bertz CT molecular complexity index is 375. The van der Waals surface area contributed by atoms with Gasteiger partial charge in [-0.1, -0.05) is 6.92 Å². The van der Waals surface area contributed by atoms with Crippen LogP contribution < -0.4 is 10.6 Å².